The summed E-state index contributed by atoms with van der Waals surface area (Å²) >= 11 is 6.84. The fraction of sp³-hybridized carbons (Fsp3) is 0.500. The van der Waals surface area contributed by atoms with E-state index in [1.165, 1.54) is 0 Å². The summed E-state index contributed by atoms with van der Waals surface area (Å²) in [5.41, 5.74) is 0. The van der Waals surface area contributed by atoms with E-state index in [1.807, 2.05) is 6.07 Å². The lowest BCUT2D eigenvalue weighted by Gasteiger charge is -2.31. The molecule has 0 aromatic carbocycles. The van der Waals surface area contributed by atoms with Crippen LogP contribution >= 0.6 is 31.9 Å². The molecule has 1 N–H and O–H groups in total. The third kappa shape index (κ3) is 2.71. The van der Waals surface area contributed by atoms with E-state index >= 15 is 0 Å². The van der Waals surface area contributed by atoms with Gasteiger partial charge < -0.3 is 10.0 Å². The average molecular weight is 336 g/mol. The van der Waals surface area contributed by atoms with Crippen LogP contribution in [0.3, 0.4) is 0 Å². The van der Waals surface area contributed by atoms with Crippen molar-refractivity contribution in [2.24, 2.45) is 0 Å². The molecule has 0 radical (unpaired) electrons. The Morgan fingerprint density at radius 3 is 2.87 bits per heavy atom. The third-order valence-electron chi connectivity index (χ3n) is 2.51. The first-order valence-corrected chi connectivity index (χ1v) is 6.49. The van der Waals surface area contributed by atoms with Crippen molar-refractivity contribution in [3.8, 4) is 0 Å². The highest BCUT2D eigenvalue weighted by molar-refractivity contribution is 9.13. The van der Waals surface area contributed by atoms with Crippen LogP contribution in [0.5, 0.6) is 0 Å². The van der Waals surface area contributed by atoms with Crippen molar-refractivity contribution in [2.75, 3.05) is 18.0 Å². The Labute approximate surface area is 106 Å². The fourth-order valence-electron chi connectivity index (χ4n) is 1.74. The molecule has 0 spiro atoms. The van der Waals surface area contributed by atoms with E-state index in [2.05, 4.69) is 41.7 Å². The number of nitrogens with zero attached hydrogens (tertiary/aromatic N) is 2. The molecule has 1 saturated heterocycles. The number of anilines is 1. The van der Waals surface area contributed by atoms with Crippen molar-refractivity contribution >= 4 is 37.7 Å². The Morgan fingerprint density at radius 2 is 2.20 bits per heavy atom. The van der Waals surface area contributed by atoms with Crippen LogP contribution in [0.1, 0.15) is 12.8 Å². The summed E-state index contributed by atoms with van der Waals surface area (Å²) in [6.45, 7) is 1.65. The number of hydrogen-bond acceptors (Lipinski definition) is 3. The van der Waals surface area contributed by atoms with Gasteiger partial charge in [0.25, 0.3) is 0 Å². The monoisotopic (exact) mass is 334 g/mol. The maximum absolute atomic E-state index is 9.57. The van der Waals surface area contributed by atoms with Crippen LogP contribution in [0.15, 0.2) is 21.2 Å². The third-order valence-corrected chi connectivity index (χ3v) is 4.33. The van der Waals surface area contributed by atoms with E-state index in [9.17, 15) is 5.11 Å². The van der Waals surface area contributed by atoms with Crippen molar-refractivity contribution < 1.29 is 5.11 Å². The zero-order valence-electron chi connectivity index (χ0n) is 8.16. The molecule has 1 aromatic heterocycles. The molecule has 82 valence electrons. The average Bonchev–Trinajstić information content (AvgIpc) is 2.22. The molecular formula is C10H12Br2N2O. The van der Waals surface area contributed by atoms with E-state index < -0.39 is 0 Å². The molecule has 15 heavy (non-hydrogen) atoms. The van der Waals surface area contributed by atoms with Gasteiger partial charge in [-0.15, -0.1) is 0 Å². The van der Waals surface area contributed by atoms with Gasteiger partial charge in [-0.25, -0.2) is 4.98 Å². The van der Waals surface area contributed by atoms with E-state index in [-0.39, 0.29) is 6.10 Å². The van der Waals surface area contributed by atoms with Crippen molar-refractivity contribution in [1.82, 2.24) is 4.98 Å². The smallest absolute Gasteiger partial charge is 0.129 e. The number of aromatic nitrogens is 1. The first kappa shape index (κ1) is 11.4. The Hall–Kier alpha value is -0.130. The normalized spacial score (nSPS) is 21.8. The van der Waals surface area contributed by atoms with Crippen LogP contribution in [0.4, 0.5) is 5.82 Å². The molecule has 0 aliphatic carbocycles. The Kier molecular flexibility index (Phi) is 3.64. The summed E-state index contributed by atoms with van der Waals surface area (Å²) in [5, 5.41) is 9.57. The first-order chi connectivity index (χ1) is 7.16. The zero-order chi connectivity index (χ0) is 10.8. The van der Waals surface area contributed by atoms with E-state index in [0.717, 1.165) is 34.1 Å². The molecule has 1 aliphatic rings. The minimum atomic E-state index is -0.219. The molecule has 1 aliphatic heterocycles. The van der Waals surface area contributed by atoms with Crippen LogP contribution in [0, 0.1) is 0 Å². The maximum atomic E-state index is 9.57. The van der Waals surface area contributed by atoms with E-state index in [4.69, 9.17) is 0 Å². The molecule has 5 heteroatoms. The largest absolute Gasteiger partial charge is 0.391 e. The van der Waals surface area contributed by atoms with Crippen molar-refractivity contribution in [3.05, 3.63) is 21.2 Å². The molecule has 1 atom stereocenters. The lowest BCUT2D eigenvalue weighted by atomic mass is 10.1. The summed E-state index contributed by atoms with van der Waals surface area (Å²) < 4.78 is 1.94. The Bertz CT molecular complexity index is 359. The van der Waals surface area contributed by atoms with Gasteiger partial charge in [-0.1, -0.05) is 0 Å². The van der Waals surface area contributed by atoms with Gasteiger partial charge in [0.2, 0.25) is 0 Å². The number of β-amino-alcohol motifs (C(OH)–C–C–N with tert-alkyl or cyclic N) is 1. The van der Waals surface area contributed by atoms with Gasteiger partial charge >= 0.3 is 0 Å². The lowest BCUT2D eigenvalue weighted by Crippen LogP contribution is -2.38. The first-order valence-electron chi connectivity index (χ1n) is 4.91. The van der Waals surface area contributed by atoms with Crippen LogP contribution in [0.25, 0.3) is 0 Å². The molecule has 1 aromatic rings. The quantitative estimate of drug-likeness (QED) is 0.857. The molecule has 2 heterocycles. The highest BCUT2D eigenvalue weighted by Gasteiger charge is 2.19. The Morgan fingerprint density at radius 1 is 1.40 bits per heavy atom. The number of aliphatic hydroxyl groups is 1. The minimum absolute atomic E-state index is 0.219. The molecule has 2 rings (SSSR count). The summed E-state index contributed by atoms with van der Waals surface area (Å²) in [5.74, 6) is 0.920. The lowest BCUT2D eigenvalue weighted by molar-refractivity contribution is 0.154. The van der Waals surface area contributed by atoms with E-state index in [1.54, 1.807) is 6.20 Å². The Balaban J connectivity index is 2.18. The number of hydrogen-bond donors (Lipinski definition) is 1. The molecule has 0 saturated carbocycles. The summed E-state index contributed by atoms with van der Waals surface area (Å²) in [7, 11) is 0. The topological polar surface area (TPSA) is 36.4 Å². The van der Waals surface area contributed by atoms with Crippen LogP contribution < -0.4 is 4.90 Å². The molecule has 1 unspecified atom stereocenters. The predicted octanol–water partition coefficient (Wildman–Crippen LogP) is 2.57. The van der Waals surface area contributed by atoms with Crippen molar-refractivity contribution in [3.63, 3.8) is 0 Å². The molecular weight excluding hydrogens is 324 g/mol. The van der Waals surface area contributed by atoms with Crippen LogP contribution in [-0.4, -0.2) is 29.3 Å². The number of aliphatic hydroxyl groups excluding tert-OH is 1. The van der Waals surface area contributed by atoms with Gasteiger partial charge in [0.1, 0.15) is 5.82 Å². The summed E-state index contributed by atoms with van der Waals surface area (Å²) in [6, 6.07) is 1.97. The van der Waals surface area contributed by atoms with Crippen molar-refractivity contribution in [1.29, 1.82) is 0 Å². The molecule has 3 nitrogen and oxygen atoms in total. The molecule has 1 fully saturated rings. The van der Waals surface area contributed by atoms with Crippen LogP contribution in [0.2, 0.25) is 0 Å². The van der Waals surface area contributed by atoms with Gasteiger partial charge in [0, 0.05) is 23.8 Å². The summed E-state index contributed by atoms with van der Waals surface area (Å²) in [4.78, 5) is 6.45. The number of piperidine rings is 1. The van der Waals surface area contributed by atoms with Gasteiger partial charge in [0.05, 0.1) is 10.6 Å². The number of rotatable bonds is 1. The second-order valence-corrected chi connectivity index (χ2v) is 5.41. The minimum Gasteiger partial charge on any atom is -0.391 e. The predicted molar refractivity (Wildman–Crippen MR) is 67.1 cm³/mol. The number of halogens is 2. The molecule has 0 bridgehead atoms. The fourth-order valence-corrected chi connectivity index (χ4v) is 2.26. The second kappa shape index (κ2) is 4.80. The second-order valence-electron chi connectivity index (χ2n) is 3.70. The maximum Gasteiger partial charge on any atom is 0.129 e. The van der Waals surface area contributed by atoms with Gasteiger partial charge in [0.15, 0.2) is 0 Å². The number of pyridine rings is 1. The molecule has 0 amide bonds. The SMILES string of the molecule is OC1CCCN(c2cc(Br)c(Br)cn2)C1. The highest BCUT2D eigenvalue weighted by atomic mass is 79.9. The van der Waals surface area contributed by atoms with Crippen LogP contribution in [-0.2, 0) is 0 Å². The standard InChI is InChI=1S/C10H12Br2N2O/c11-8-4-10(13-5-9(8)12)14-3-1-2-7(15)6-14/h4-5,7,15H,1-3,6H2. The van der Waals surface area contributed by atoms with Crippen molar-refractivity contribution in [2.45, 2.75) is 18.9 Å². The van der Waals surface area contributed by atoms with Gasteiger partial charge in [-0.2, -0.15) is 0 Å². The van der Waals surface area contributed by atoms with E-state index in [0.29, 0.717) is 6.54 Å². The highest BCUT2D eigenvalue weighted by Crippen LogP contribution is 2.27. The zero-order valence-corrected chi connectivity index (χ0v) is 11.3. The van der Waals surface area contributed by atoms with Gasteiger partial charge in [-0.05, 0) is 50.8 Å². The van der Waals surface area contributed by atoms with Gasteiger partial charge in [-0.3, -0.25) is 0 Å². The summed E-state index contributed by atoms with van der Waals surface area (Å²) in [6.07, 6.45) is 3.48.